The first kappa shape index (κ1) is 20.7. The van der Waals surface area contributed by atoms with E-state index in [1.807, 2.05) is 0 Å². The third-order valence-electron chi connectivity index (χ3n) is 4.91. The summed E-state index contributed by atoms with van der Waals surface area (Å²) in [6, 6.07) is 5.39. The van der Waals surface area contributed by atoms with Crippen LogP contribution in [0.15, 0.2) is 34.1 Å². The van der Waals surface area contributed by atoms with Crippen LogP contribution in [0, 0.1) is 0 Å². The van der Waals surface area contributed by atoms with Crippen LogP contribution in [-0.4, -0.2) is 78.5 Å². The van der Waals surface area contributed by atoms with Gasteiger partial charge < -0.3 is 9.64 Å². The van der Waals surface area contributed by atoms with E-state index >= 15 is 0 Å². The molecule has 10 heteroatoms. The summed E-state index contributed by atoms with van der Waals surface area (Å²) in [5.74, 6) is 0. The fourth-order valence-electron chi connectivity index (χ4n) is 3.33. The first-order chi connectivity index (χ1) is 12.9. The van der Waals surface area contributed by atoms with Gasteiger partial charge in [-0.3, -0.25) is 0 Å². The van der Waals surface area contributed by atoms with Gasteiger partial charge in [0.2, 0.25) is 20.0 Å². The van der Waals surface area contributed by atoms with Gasteiger partial charge in [0.1, 0.15) is 0 Å². The van der Waals surface area contributed by atoms with Gasteiger partial charge in [0, 0.05) is 26.2 Å². The van der Waals surface area contributed by atoms with Crippen LogP contribution < -0.4 is 4.72 Å². The summed E-state index contributed by atoms with van der Waals surface area (Å²) >= 11 is 0. The third kappa shape index (κ3) is 5.27. The Morgan fingerprint density at radius 1 is 0.852 bits per heavy atom. The van der Waals surface area contributed by atoms with E-state index in [2.05, 4.69) is 9.62 Å². The number of morpholine rings is 1. The number of nitrogens with zero attached hydrogens (tertiary/aromatic N) is 2. The molecule has 2 saturated heterocycles. The second-order valence-corrected chi connectivity index (χ2v) is 10.5. The van der Waals surface area contributed by atoms with E-state index in [9.17, 15) is 16.8 Å². The zero-order valence-electron chi connectivity index (χ0n) is 15.3. The molecule has 3 rings (SSSR count). The Hall–Kier alpha value is -1.04. The van der Waals surface area contributed by atoms with Crippen molar-refractivity contribution in [1.82, 2.24) is 13.9 Å². The molecular formula is C17H27N3O5S2. The second kappa shape index (κ2) is 8.97. The molecular weight excluding hydrogens is 390 g/mol. The smallest absolute Gasteiger partial charge is 0.243 e. The molecule has 0 atom stereocenters. The average Bonchev–Trinajstić information content (AvgIpc) is 2.69. The van der Waals surface area contributed by atoms with Crippen molar-refractivity contribution >= 4 is 20.0 Å². The van der Waals surface area contributed by atoms with Crippen LogP contribution >= 0.6 is 0 Å². The molecule has 2 aliphatic heterocycles. The SMILES string of the molecule is O=S(=O)(NCCN1CCCCC1)c1ccc(S(=O)(=O)N2CCOCC2)cc1. The lowest BCUT2D eigenvalue weighted by Gasteiger charge is -2.26. The predicted octanol–water partition coefficient (Wildman–Crippen LogP) is 0.472. The van der Waals surface area contributed by atoms with Crippen LogP contribution in [-0.2, 0) is 24.8 Å². The van der Waals surface area contributed by atoms with Gasteiger partial charge in [0.05, 0.1) is 23.0 Å². The molecule has 0 aliphatic carbocycles. The Bertz CT molecular complexity index is 813. The van der Waals surface area contributed by atoms with E-state index in [0.717, 1.165) is 25.9 Å². The van der Waals surface area contributed by atoms with Crippen molar-refractivity contribution in [2.24, 2.45) is 0 Å². The first-order valence-corrected chi connectivity index (χ1v) is 12.2. The summed E-state index contributed by atoms with van der Waals surface area (Å²) in [5.41, 5.74) is 0. The Labute approximate surface area is 161 Å². The Balaban J connectivity index is 1.61. The Kier molecular flexibility index (Phi) is 6.88. The monoisotopic (exact) mass is 417 g/mol. The van der Waals surface area contributed by atoms with Crippen LogP contribution in [0.1, 0.15) is 19.3 Å². The summed E-state index contributed by atoms with van der Waals surface area (Å²) < 4.78 is 59.2. The summed E-state index contributed by atoms with van der Waals surface area (Å²) in [4.78, 5) is 2.42. The molecule has 0 radical (unpaired) electrons. The number of ether oxygens (including phenoxy) is 1. The quantitative estimate of drug-likeness (QED) is 0.693. The number of hydrogen-bond donors (Lipinski definition) is 1. The molecule has 0 aromatic heterocycles. The topological polar surface area (TPSA) is 96.0 Å². The minimum atomic E-state index is -3.65. The minimum absolute atomic E-state index is 0.0714. The molecule has 1 aromatic rings. The summed E-state index contributed by atoms with van der Waals surface area (Å²) in [5, 5.41) is 0. The predicted molar refractivity (Wildman–Crippen MR) is 101 cm³/mol. The van der Waals surface area contributed by atoms with Gasteiger partial charge in [-0.2, -0.15) is 4.31 Å². The molecule has 0 spiro atoms. The van der Waals surface area contributed by atoms with Gasteiger partial charge in [0.25, 0.3) is 0 Å². The van der Waals surface area contributed by atoms with Crippen molar-refractivity contribution in [3.63, 3.8) is 0 Å². The van der Waals surface area contributed by atoms with Crippen LogP contribution in [0.4, 0.5) is 0 Å². The molecule has 2 aliphatic rings. The normalized spacial score (nSPS) is 20.6. The van der Waals surface area contributed by atoms with E-state index in [-0.39, 0.29) is 9.79 Å². The van der Waals surface area contributed by atoms with E-state index < -0.39 is 20.0 Å². The van der Waals surface area contributed by atoms with Crippen molar-refractivity contribution in [3.8, 4) is 0 Å². The highest BCUT2D eigenvalue weighted by molar-refractivity contribution is 7.89. The van der Waals surface area contributed by atoms with E-state index in [1.165, 1.54) is 35.0 Å². The van der Waals surface area contributed by atoms with Crippen LogP contribution in [0.25, 0.3) is 0 Å². The summed E-state index contributed by atoms with van der Waals surface area (Å²) in [7, 11) is -7.28. The van der Waals surface area contributed by atoms with Gasteiger partial charge in [0.15, 0.2) is 0 Å². The van der Waals surface area contributed by atoms with Crippen molar-refractivity contribution in [1.29, 1.82) is 0 Å². The largest absolute Gasteiger partial charge is 0.379 e. The number of sulfonamides is 2. The fourth-order valence-corrected chi connectivity index (χ4v) is 5.76. The molecule has 1 N–H and O–H groups in total. The van der Waals surface area contributed by atoms with Crippen LogP contribution in [0.3, 0.4) is 0 Å². The van der Waals surface area contributed by atoms with Crippen LogP contribution in [0.2, 0.25) is 0 Å². The first-order valence-electron chi connectivity index (χ1n) is 9.30. The third-order valence-corrected chi connectivity index (χ3v) is 8.30. The molecule has 0 amide bonds. The number of likely N-dealkylation sites (tertiary alicyclic amines) is 1. The number of hydrogen-bond acceptors (Lipinski definition) is 6. The Morgan fingerprint density at radius 2 is 1.44 bits per heavy atom. The van der Waals surface area contributed by atoms with E-state index in [4.69, 9.17) is 4.74 Å². The summed E-state index contributed by atoms with van der Waals surface area (Å²) in [6.07, 6.45) is 3.56. The highest BCUT2D eigenvalue weighted by Crippen LogP contribution is 2.19. The van der Waals surface area contributed by atoms with Gasteiger partial charge >= 0.3 is 0 Å². The number of benzene rings is 1. The lowest BCUT2D eigenvalue weighted by molar-refractivity contribution is 0.0730. The lowest BCUT2D eigenvalue weighted by Crippen LogP contribution is -2.40. The van der Waals surface area contributed by atoms with E-state index in [1.54, 1.807) is 0 Å². The van der Waals surface area contributed by atoms with Crippen LogP contribution in [0.5, 0.6) is 0 Å². The zero-order valence-corrected chi connectivity index (χ0v) is 17.0. The van der Waals surface area contributed by atoms with Gasteiger partial charge in [-0.1, -0.05) is 6.42 Å². The average molecular weight is 418 g/mol. The zero-order chi connectivity index (χ0) is 19.3. The molecule has 152 valence electrons. The van der Waals surface area contributed by atoms with Crippen molar-refractivity contribution < 1.29 is 21.6 Å². The molecule has 8 nitrogen and oxygen atoms in total. The van der Waals surface area contributed by atoms with E-state index in [0.29, 0.717) is 39.4 Å². The maximum Gasteiger partial charge on any atom is 0.243 e. The number of nitrogens with one attached hydrogen (secondary N) is 1. The minimum Gasteiger partial charge on any atom is -0.379 e. The van der Waals surface area contributed by atoms with Gasteiger partial charge in [-0.15, -0.1) is 0 Å². The summed E-state index contributed by atoms with van der Waals surface area (Å²) in [6.45, 7) is 4.39. The standard InChI is InChI=1S/C17H27N3O5S2/c21-26(22,18-8-11-19-9-2-1-3-10-19)16-4-6-17(7-5-16)27(23,24)20-12-14-25-15-13-20/h4-7,18H,1-3,8-15H2. The highest BCUT2D eigenvalue weighted by atomic mass is 32.2. The maximum atomic E-state index is 12.6. The molecule has 2 heterocycles. The fraction of sp³-hybridized carbons (Fsp3) is 0.647. The lowest BCUT2D eigenvalue weighted by atomic mass is 10.1. The molecule has 0 saturated carbocycles. The van der Waals surface area contributed by atoms with Crippen molar-refractivity contribution in [2.45, 2.75) is 29.1 Å². The highest BCUT2D eigenvalue weighted by Gasteiger charge is 2.26. The molecule has 27 heavy (non-hydrogen) atoms. The van der Waals surface area contributed by atoms with Gasteiger partial charge in [-0.25, -0.2) is 21.6 Å². The number of rotatable bonds is 7. The van der Waals surface area contributed by atoms with Crippen molar-refractivity contribution in [2.75, 3.05) is 52.5 Å². The molecule has 2 fully saturated rings. The Morgan fingerprint density at radius 3 is 2.07 bits per heavy atom. The van der Waals surface area contributed by atoms with Gasteiger partial charge in [-0.05, 0) is 50.2 Å². The molecule has 0 bridgehead atoms. The second-order valence-electron chi connectivity index (χ2n) is 6.79. The molecule has 1 aromatic carbocycles. The number of piperidine rings is 1. The molecule has 0 unspecified atom stereocenters. The maximum absolute atomic E-state index is 12.6. The van der Waals surface area contributed by atoms with Crippen molar-refractivity contribution in [3.05, 3.63) is 24.3 Å².